The fraction of sp³-hybridized carbons (Fsp3) is 0.625. The van der Waals surface area contributed by atoms with Gasteiger partial charge in [-0.05, 0) is 44.4 Å². The number of rotatable bonds is 3. The van der Waals surface area contributed by atoms with Crippen molar-refractivity contribution in [2.75, 3.05) is 6.61 Å². The van der Waals surface area contributed by atoms with Crippen molar-refractivity contribution in [1.82, 2.24) is 0 Å². The maximum absolute atomic E-state index is 6.25. The van der Waals surface area contributed by atoms with E-state index < -0.39 is 0 Å². The average Bonchev–Trinajstić information content (AvgIpc) is 2.39. The normalized spacial score (nSPS) is 26.1. The van der Waals surface area contributed by atoms with Gasteiger partial charge in [-0.25, -0.2) is 0 Å². The first-order chi connectivity index (χ1) is 9.58. The Morgan fingerprint density at radius 2 is 2.25 bits per heavy atom. The number of ether oxygens (including phenoxy) is 2. The molecule has 2 atom stereocenters. The highest BCUT2D eigenvalue weighted by Gasteiger charge is 2.43. The fourth-order valence-corrected chi connectivity index (χ4v) is 3.54. The van der Waals surface area contributed by atoms with Crippen molar-refractivity contribution in [2.24, 2.45) is 5.73 Å². The van der Waals surface area contributed by atoms with E-state index in [0.29, 0.717) is 0 Å². The summed E-state index contributed by atoms with van der Waals surface area (Å²) in [5.74, 6) is 0.921. The zero-order valence-electron chi connectivity index (χ0n) is 11.9. The lowest BCUT2D eigenvalue weighted by Gasteiger charge is -2.47. The highest BCUT2D eigenvalue weighted by molar-refractivity contribution is 9.10. The number of hydrogen-bond donors (Lipinski definition) is 1. The largest absolute Gasteiger partial charge is 0.490 e. The third kappa shape index (κ3) is 2.87. The molecule has 0 bridgehead atoms. The van der Waals surface area contributed by atoms with E-state index in [1.807, 2.05) is 19.1 Å². The molecule has 2 fully saturated rings. The van der Waals surface area contributed by atoms with Crippen LogP contribution in [0.15, 0.2) is 22.7 Å². The van der Waals surface area contributed by atoms with Crippen LogP contribution in [-0.2, 0) is 4.74 Å². The first kappa shape index (κ1) is 14.4. The van der Waals surface area contributed by atoms with Gasteiger partial charge in [-0.2, -0.15) is 0 Å². The highest BCUT2D eigenvalue weighted by atomic mass is 79.9. The first-order valence-corrected chi connectivity index (χ1v) is 8.23. The van der Waals surface area contributed by atoms with E-state index >= 15 is 0 Å². The lowest BCUT2D eigenvalue weighted by molar-refractivity contribution is -0.153. The van der Waals surface area contributed by atoms with Crippen molar-refractivity contribution < 1.29 is 9.47 Å². The van der Waals surface area contributed by atoms with Crippen molar-refractivity contribution in [2.45, 2.75) is 56.8 Å². The van der Waals surface area contributed by atoms with Crippen LogP contribution in [0.1, 0.15) is 50.6 Å². The maximum Gasteiger partial charge on any atom is 0.124 e. The fourth-order valence-electron chi connectivity index (χ4n) is 3.16. The molecule has 0 radical (unpaired) electrons. The SMILES string of the molecule is CC(N)c1cc(Br)ccc1OC1CCOC2(CCC2)C1. The van der Waals surface area contributed by atoms with E-state index in [0.717, 1.165) is 35.2 Å². The van der Waals surface area contributed by atoms with Gasteiger partial charge in [0.2, 0.25) is 0 Å². The van der Waals surface area contributed by atoms with E-state index in [4.69, 9.17) is 15.2 Å². The second kappa shape index (κ2) is 5.66. The molecule has 20 heavy (non-hydrogen) atoms. The average molecular weight is 340 g/mol. The third-order valence-corrected chi connectivity index (χ3v) is 4.96. The molecule has 1 saturated heterocycles. The maximum atomic E-state index is 6.25. The molecule has 2 unspecified atom stereocenters. The molecule has 2 aliphatic rings. The van der Waals surface area contributed by atoms with E-state index in [1.165, 1.54) is 19.3 Å². The Bertz CT molecular complexity index is 485. The number of hydrogen-bond acceptors (Lipinski definition) is 3. The molecule has 1 aromatic rings. The number of benzene rings is 1. The standard InChI is InChI=1S/C16H22BrNO2/c1-11(18)14-9-12(17)3-4-15(14)20-13-5-8-19-16(10-13)6-2-7-16/h3-4,9,11,13H,2,5-8,10,18H2,1H3. The molecule has 1 aliphatic heterocycles. The Balaban J connectivity index is 1.74. The van der Waals surface area contributed by atoms with Crippen molar-refractivity contribution in [3.05, 3.63) is 28.2 Å². The molecule has 1 aliphatic carbocycles. The Morgan fingerprint density at radius 1 is 1.45 bits per heavy atom. The van der Waals surface area contributed by atoms with Gasteiger partial charge in [0.05, 0.1) is 12.2 Å². The Morgan fingerprint density at radius 3 is 2.90 bits per heavy atom. The quantitative estimate of drug-likeness (QED) is 0.906. The van der Waals surface area contributed by atoms with Gasteiger partial charge >= 0.3 is 0 Å². The van der Waals surface area contributed by atoms with Crippen LogP contribution in [0.25, 0.3) is 0 Å². The van der Waals surface area contributed by atoms with E-state index in [-0.39, 0.29) is 17.7 Å². The van der Waals surface area contributed by atoms with Gasteiger partial charge in [0.15, 0.2) is 0 Å². The molecular weight excluding hydrogens is 318 g/mol. The van der Waals surface area contributed by atoms with Gasteiger partial charge < -0.3 is 15.2 Å². The zero-order chi connectivity index (χ0) is 14.2. The van der Waals surface area contributed by atoms with Gasteiger partial charge in [0.1, 0.15) is 11.9 Å². The topological polar surface area (TPSA) is 44.5 Å². The van der Waals surface area contributed by atoms with Gasteiger partial charge in [-0.15, -0.1) is 0 Å². The molecule has 1 spiro atoms. The molecule has 1 saturated carbocycles. The smallest absolute Gasteiger partial charge is 0.124 e. The van der Waals surface area contributed by atoms with Crippen LogP contribution in [0.5, 0.6) is 5.75 Å². The molecule has 3 rings (SSSR count). The molecule has 0 aromatic heterocycles. The second-order valence-corrected chi connectivity index (χ2v) is 7.00. The highest BCUT2D eigenvalue weighted by Crippen LogP contribution is 2.43. The van der Waals surface area contributed by atoms with Crippen LogP contribution in [0.2, 0.25) is 0 Å². The summed E-state index contributed by atoms with van der Waals surface area (Å²) in [5, 5.41) is 0. The predicted molar refractivity (Wildman–Crippen MR) is 82.9 cm³/mol. The first-order valence-electron chi connectivity index (χ1n) is 7.44. The third-order valence-electron chi connectivity index (χ3n) is 4.47. The molecule has 3 nitrogen and oxygen atoms in total. The molecule has 4 heteroatoms. The van der Waals surface area contributed by atoms with E-state index in [2.05, 4.69) is 22.0 Å². The minimum absolute atomic E-state index is 0.0278. The summed E-state index contributed by atoms with van der Waals surface area (Å²) in [6.45, 7) is 2.81. The van der Waals surface area contributed by atoms with Crippen LogP contribution in [-0.4, -0.2) is 18.3 Å². The summed E-state index contributed by atoms with van der Waals surface area (Å²) < 4.78 is 13.2. The van der Waals surface area contributed by atoms with E-state index in [1.54, 1.807) is 0 Å². The number of nitrogens with two attached hydrogens (primary N) is 1. The van der Waals surface area contributed by atoms with Crippen molar-refractivity contribution in [3.63, 3.8) is 0 Å². The van der Waals surface area contributed by atoms with E-state index in [9.17, 15) is 0 Å². The lowest BCUT2D eigenvalue weighted by atomic mass is 9.74. The molecule has 1 heterocycles. The molecular formula is C16H22BrNO2. The molecule has 2 N–H and O–H groups in total. The van der Waals surface area contributed by atoms with Crippen molar-refractivity contribution in [3.8, 4) is 5.75 Å². The summed E-state index contributed by atoms with van der Waals surface area (Å²) in [7, 11) is 0. The summed E-state index contributed by atoms with van der Waals surface area (Å²) in [6, 6.07) is 6.06. The predicted octanol–water partition coefficient (Wildman–Crippen LogP) is 3.95. The molecule has 110 valence electrons. The van der Waals surface area contributed by atoms with Gasteiger partial charge in [0, 0.05) is 28.9 Å². The Hall–Kier alpha value is -0.580. The monoisotopic (exact) mass is 339 g/mol. The lowest BCUT2D eigenvalue weighted by Crippen LogP contribution is -2.48. The summed E-state index contributed by atoms with van der Waals surface area (Å²) in [6.07, 6.45) is 5.90. The summed E-state index contributed by atoms with van der Waals surface area (Å²) in [5.41, 5.74) is 7.23. The van der Waals surface area contributed by atoms with Gasteiger partial charge in [-0.1, -0.05) is 15.9 Å². The zero-order valence-corrected chi connectivity index (χ0v) is 13.5. The molecule has 0 amide bonds. The van der Waals surface area contributed by atoms with Crippen molar-refractivity contribution >= 4 is 15.9 Å². The van der Waals surface area contributed by atoms with Crippen LogP contribution in [0.4, 0.5) is 0 Å². The van der Waals surface area contributed by atoms with Crippen LogP contribution >= 0.6 is 15.9 Å². The molecule has 1 aromatic carbocycles. The van der Waals surface area contributed by atoms with Gasteiger partial charge in [-0.3, -0.25) is 0 Å². The van der Waals surface area contributed by atoms with Crippen LogP contribution in [0.3, 0.4) is 0 Å². The minimum Gasteiger partial charge on any atom is -0.490 e. The summed E-state index contributed by atoms with van der Waals surface area (Å²) in [4.78, 5) is 0. The van der Waals surface area contributed by atoms with Crippen molar-refractivity contribution in [1.29, 1.82) is 0 Å². The minimum atomic E-state index is -0.0278. The second-order valence-electron chi connectivity index (χ2n) is 6.09. The number of halogens is 1. The Kier molecular flexibility index (Phi) is 4.07. The Labute approximate surface area is 129 Å². The summed E-state index contributed by atoms with van der Waals surface area (Å²) >= 11 is 3.50. The van der Waals surface area contributed by atoms with Crippen LogP contribution < -0.4 is 10.5 Å². The van der Waals surface area contributed by atoms with Gasteiger partial charge in [0.25, 0.3) is 0 Å². The van der Waals surface area contributed by atoms with Crippen LogP contribution in [0, 0.1) is 0 Å².